The summed E-state index contributed by atoms with van der Waals surface area (Å²) in [5.74, 6) is 0. The van der Waals surface area contributed by atoms with Crippen molar-refractivity contribution in [2.24, 2.45) is 5.73 Å². The number of nitrogens with two attached hydrogens (primary N) is 1. The molecule has 0 saturated heterocycles. The lowest BCUT2D eigenvalue weighted by Crippen LogP contribution is -2.02. The first-order valence-corrected chi connectivity index (χ1v) is 7.25. The quantitative estimate of drug-likeness (QED) is 0.795. The summed E-state index contributed by atoms with van der Waals surface area (Å²) in [5, 5.41) is 0. The van der Waals surface area contributed by atoms with Crippen molar-refractivity contribution in [1.29, 1.82) is 0 Å². The summed E-state index contributed by atoms with van der Waals surface area (Å²) >= 11 is 1.73. The number of hydrogen-bond acceptors (Lipinski definition) is 3. The molecular weight excluding hydrogens is 254 g/mol. The third-order valence-electron chi connectivity index (χ3n) is 3.48. The Morgan fingerprint density at radius 2 is 2.11 bits per heavy atom. The van der Waals surface area contributed by atoms with Crippen molar-refractivity contribution in [3.8, 4) is 11.3 Å². The Bertz CT molecular complexity index is 724. The molecule has 98 valence electrons. The van der Waals surface area contributed by atoms with Crippen molar-refractivity contribution in [2.45, 2.75) is 20.3 Å². The minimum absolute atomic E-state index is 0.668. The van der Waals surface area contributed by atoms with Crippen LogP contribution in [0, 0.1) is 13.8 Å². The monoisotopic (exact) mass is 271 g/mol. The largest absolute Gasteiger partial charge is 0.330 e. The maximum atomic E-state index is 5.73. The van der Waals surface area contributed by atoms with E-state index >= 15 is 0 Å². The second kappa shape index (κ2) is 4.79. The molecule has 4 heteroatoms. The van der Waals surface area contributed by atoms with Crippen molar-refractivity contribution >= 4 is 16.3 Å². The van der Waals surface area contributed by atoms with Gasteiger partial charge in [-0.15, -0.1) is 11.3 Å². The maximum absolute atomic E-state index is 5.73. The fourth-order valence-corrected chi connectivity index (χ4v) is 3.43. The topological polar surface area (TPSA) is 43.3 Å². The third-order valence-corrected chi connectivity index (χ3v) is 4.61. The van der Waals surface area contributed by atoms with Gasteiger partial charge in [-0.05, 0) is 49.6 Å². The average Bonchev–Trinajstić information content (AvgIpc) is 2.93. The molecule has 2 N–H and O–H groups in total. The van der Waals surface area contributed by atoms with E-state index in [2.05, 4.69) is 41.4 Å². The van der Waals surface area contributed by atoms with Crippen molar-refractivity contribution in [3.63, 3.8) is 0 Å². The summed E-state index contributed by atoms with van der Waals surface area (Å²) in [7, 11) is 0. The fraction of sp³-hybridized carbons (Fsp3) is 0.267. The molecule has 0 aliphatic heterocycles. The summed E-state index contributed by atoms with van der Waals surface area (Å²) in [6.07, 6.45) is 4.77. The molecule has 0 amide bonds. The van der Waals surface area contributed by atoms with Gasteiger partial charge in [0.05, 0.1) is 5.69 Å². The van der Waals surface area contributed by atoms with Gasteiger partial charge in [0, 0.05) is 17.3 Å². The van der Waals surface area contributed by atoms with Gasteiger partial charge < -0.3 is 5.73 Å². The van der Waals surface area contributed by atoms with Gasteiger partial charge in [0.15, 0.2) is 4.96 Å². The normalized spacial score (nSPS) is 11.3. The summed E-state index contributed by atoms with van der Waals surface area (Å²) < 4.78 is 2.17. The van der Waals surface area contributed by atoms with Crippen LogP contribution >= 0.6 is 11.3 Å². The third kappa shape index (κ3) is 2.07. The van der Waals surface area contributed by atoms with E-state index in [0.717, 1.165) is 11.4 Å². The number of nitrogens with zero attached hydrogens (tertiary/aromatic N) is 2. The van der Waals surface area contributed by atoms with E-state index in [-0.39, 0.29) is 0 Å². The first-order chi connectivity index (χ1) is 9.20. The minimum atomic E-state index is 0.668. The Balaban J connectivity index is 2.23. The van der Waals surface area contributed by atoms with Crippen LogP contribution in [0.15, 0.2) is 30.6 Å². The Labute approximate surface area is 116 Å². The van der Waals surface area contributed by atoms with Crippen molar-refractivity contribution in [2.75, 3.05) is 6.54 Å². The van der Waals surface area contributed by atoms with Gasteiger partial charge in [0.1, 0.15) is 0 Å². The predicted octanol–water partition coefficient (Wildman–Crippen LogP) is 3.18. The molecule has 0 bridgehead atoms. The molecule has 3 aromatic rings. The van der Waals surface area contributed by atoms with Crippen LogP contribution in [0.5, 0.6) is 0 Å². The van der Waals surface area contributed by atoms with Gasteiger partial charge in [-0.25, -0.2) is 4.98 Å². The van der Waals surface area contributed by atoms with Gasteiger partial charge >= 0.3 is 0 Å². The molecule has 3 rings (SSSR count). The second-order valence-electron chi connectivity index (χ2n) is 4.79. The number of benzene rings is 1. The number of fused-ring (bicyclic) bond motifs is 1. The summed E-state index contributed by atoms with van der Waals surface area (Å²) in [4.78, 5) is 6.74. The zero-order valence-corrected chi connectivity index (χ0v) is 12.0. The molecule has 2 heterocycles. The first-order valence-electron chi connectivity index (χ1n) is 6.43. The molecule has 19 heavy (non-hydrogen) atoms. The van der Waals surface area contributed by atoms with Gasteiger partial charge in [-0.2, -0.15) is 0 Å². The molecule has 0 aliphatic carbocycles. The first kappa shape index (κ1) is 12.4. The van der Waals surface area contributed by atoms with Crippen LogP contribution in [0.4, 0.5) is 0 Å². The number of hydrogen-bond donors (Lipinski definition) is 1. The van der Waals surface area contributed by atoms with Gasteiger partial charge in [0.2, 0.25) is 0 Å². The molecule has 0 fully saturated rings. The van der Waals surface area contributed by atoms with Crippen LogP contribution in [-0.2, 0) is 6.42 Å². The van der Waals surface area contributed by atoms with Gasteiger partial charge in [0.25, 0.3) is 0 Å². The molecule has 0 atom stereocenters. The SMILES string of the molecule is Cc1ccc(-c2c(CCN)sc3nccn23)cc1C. The van der Waals surface area contributed by atoms with E-state index in [1.54, 1.807) is 11.3 Å². The van der Waals surface area contributed by atoms with E-state index in [1.165, 1.54) is 27.3 Å². The summed E-state index contributed by atoms with van der Waals surface area (Å²) in [5.41, 5.74) is 10.9. The van der Waals surface area contributed by atoms with Crippen LogP contribution in [0.25, 0.3) is 16.2 Å². The lowest BCUT2D eigenvalue weighted by Gasteiger charge is -2.07. The maximum Gasteiger partial charge on any atom is 0.194 e. The highest BCUT2D eigenvalue weighted by atomic mass is 32.1. The van der Waals surface area contributed by atoms with Gasteiger partial charge in [-0.3, -0.25) is 4.40 Å². The van der Waals surface area contributed by atoms with Crippen LogP contribution in [0.1, 0.15) is 16.0 Å². The lowest BCUT2D eigenvalue weighted by molar-refractivity contribution is 0.981. The van der Waals surface area contributed by atoms with Crippen LogP contribution in [0.2, 0.25) is 0 Å². The van der Waals surface area contributed by atoms with E-state index in [9.17, 15) is 0 Å². The van der Waals surface area contributed by atoms with Crippen LogP contribution in [-0.4, -0.2) is 15.9 Å². The lowest BCUT2D eigenvalue weighted by atomic mass is 10.0. The summed E-state index contributed by atoms with van der Waals surface area (Å²) in [6.45, 7) is 4.96. The van der Waals surface area contributed by atoms with Crippen molar-refractivity contribution in [1.82, 2.24) is 9.38 Å². The number of thiazole rings is 1. The van der Waals surface area contributed by atoms with E-state index in [0.29, 0.717) is 6.54 Å². The highest BCUT2D eigenvalue weighted by molar-refractivity contribution is 7.17. The van der Waals surface area contributed by atoms with E-state index in [1.807, 2.05) is 12.4 Å². The van der Waals surface area contributed by atoms with Crippen LogP contribution < -0.4 is 5.73 Å². The smallest absolute Gasteiger partial charge is 0.194 e. The van der Waals surface area contributed by atoms with E-state index < -0.39 is 0 Å². The van der Waals surface area contributed by atoms with E-state index in [4.69, 9.17) is 5.73 Å². The molecule has 3 nitrogen and oxygen atoms in total. The number of aromatic nitrogens is 2. The number of imidazole rings is 1. The Morgan fingerprint density at radius 1 is 1.26 bits per heavy atom. The number of aryl methyl sites for hydroxylation is 2. The predicted molar refractivity (Wildman–Crippen MR) is 80.7 cm³/mol. The Morgan fingerprint density at radius 3 is 2.84 bits per heavy atom. The zero-order chi connectivity index (χ0) is 13.4. The van der Waals surface area contributed by atoms with Crippen LogP contribution in [0.3, 0.4) is 0 Å². The molecule has 0 radical (unpaired) electrons. The minimum Gasteiger partial charge on any atom is -0.330 e. The Kier molecular flexibility index (Phi) is 3.12. The van der Waals surface area contributed by atoms with Gasteiger partial charge in [-0.1, -0.05) is 12.1 Å². The molecule has 0 unspecified atom stereocenters. The van der Waals surface area contributed by atoms with Crippen molar-refractivity contribution < 1.29 is 0 Å². The average molecular weight is 271 g/mol. The molecule has 0 spiro atoms. The molecule has 1 aromatic carbocycles. The standard InChI is InChI=1S/C15H17N3S/c1-10-3-4-12(9-11(10)2)14-13(5-6-16)19-15-17-7-8-18(14)15/h3-4,7-9H,5-6,16H2,1-2H3. The Hall–Kier alpha value is -1.65. The second-order valence-corrected chi connectivity index (χ2v) is 5.85. The summed E-state index contributed by atoms with van der Waals surface area (Å²) in [6, 6.07) is 6.61. The number of rotatable bonds is 3. The molecular formula is C15H17N3S. The molecule has 0 saturated carbocycles. The highest BCUT2D eigenvalue weighted by Gasteiger charge is 2.14. The zero-order valence-electron chi connectivity index (χ0n) is 11.2. The molecule has 0 aliphatic rings. The fourth-order valence-electron chi connectivity index (χ4n) is 2.32. The molecule has 2 aromatic heterocycles. The highest BCUT2D eigenvalue weighted by Crippen LogP contribution is 2.32. The van der Waals surface area contributed by atoms with Crippen molar-refractivity contribution in [3.05, 3.63) is 46.6 Å².